The molecule has 134 valence electrons. The lowest BCUT2D eigenvalue weighted by atomic mass is 10.1. The van der Waals surface area contributed by atoms with Crippen LogP contribution in [0.4, 0.5) is 17.6 Å². The third-order valence-corrected chi connectivity index (χ3v) is 3.90. The fourth-order valence-corrected chi connectivity index (χ4v) is 2.77. The summed E-state index contributed by atoms with van der Waals surface area (Å²) in [6.07, 6.45) is -3.42. The molecule has 1 aromatic rings. The van der Waals surface area contributed by atoms with Crippen molar-refractivity contribution in [2.24, 2.45) is 10.9 Å². The number of aliphatic imine (C=N–C) groups is 1. The molecule has 1 saturated heterocycles. The Morgan fingerprint density at radius 2 is 2.12 bits per heavy atom. The largest absolute Gasteiger partial charge is 0.401 e. The van der Waals surface area contributed by atoms with Crippen LogP contribution in [0.25, 0.3) is 0 Å². The molecule has 24 heavy (non-hydrogen) atoms. The van der Waals surface area contributed by atoms with E-state index in [2.05, 4.69) is 15.6 Å². The fourth-order valence-electron chi connectivity index (χ4n) is 2.77. The first-order valence-corrected chi connectivity index (χ1v) is 7.84. The van der Waals surface area contributed by atoms with E-state index in [1.165, 1.54) is 17.0 Å². The lowest BCUT2D eigenvalue weighted by Crippen LogP contribution is -2.40. The van der Waals surface area contributed by atoms with Gasteiger partial charge in [0.25, 0.3) is 0 Å². The summed E-state index contributed by atoms with van der Waals surface area (Å²) >= 11 is 0. The molecule has 0 amide bonds. The van der Waals surface area contributed by atoms with Gasteiger partial charge in [0.1, 0.15) is 5.82 Å². The molecule has 1 atom stereocenters. The van der Waals surface area contributed by atoms with Crippen molar-refractivity contribution in [3.63, 3.8) is 0 Å². The number of hydrogen-bond acceptors (Lipinski definition) is 2. The summed E-state index contributed by atoms with van der Waals surface area (Å²) < 4.78 is 50.3. The summed E-state index contributed by atoms with van der Waals surface area (Å²) in [6.45, 7) is 1.00. The van der Waals surface area contributed by atoms with Crippen molar-refractivity contribution >= 4 is 5.96 Å². The molecule has 4 nitrogen and oxygen atoms in total. The average Bonchev–Trinajstić information content (AvgIpc) is 2.93. The Balaban J connectivity index is 1.72. The monoisotopic (exact) mass is 346 g/mol. The minimum Gasteiger partial charge on any atom is -0.356 e. The molecule has 0 saturated carbocycles. The second kappa shape index (κ2) is 8.32. The van der Waals surface area contributed by atoms with E-state index in [1.807, 2.05) is 0 Å². The van der Waals surface area contributed by atoms with Crippen molar-refractivity contribution < 1.29 is 17.6 Å². The number of benzene rings is 1. The molecule has 1 aromatic carbocycles. The lowest BCUT2D eigenvalue weighted by molar-refractivity contribution is -0.143. The van der Waals surface area contributed by atoms with Gasteiger partial charge < -0.3 is 10.6 Å². The highest BCUT2D eigenvalue weighted by molar-refractivity contribution is 5.79. The van der Waals surface area contributed by atoms with Crippen LogP contribution in [0.1, 0.15) is 12.0 Å². The molecule has 0 aliphatic carbocycles. The Kier molecular flexibility index (Phi) is 6.42. The molecule has 2 N–H and O–H groups in total. The van der Waals surface area contributed by atoms with E-state index < -0.39 is 12.7 Å². The van der Waals surface area contributed by atoms with E-state index >= 15 is 0 Å². The van der Waals surface area contributed by atoms with Crippen LogP contribution in [-0.2, 0) is 6.54 Å². The molecule has 1 aliphatic heterocycles. The third-order valence-electron chi connectivity index (χ3n) is 3.90. The highest BCUT2D eigenvalue weighted by Gasteiger charge is 2.34. The van der Waals surface area contributed by atoms with Gasteiger partial charge in [-0.1, -0.05) is 12.1 Å². The third kappa shape index (κ3) is 6.35. The van der Waals surface area contributed by atoms with Gasteiger partial charge in [-0.3, -0.25) is 9.89 Å². The molecule has 1 aliphatic rings. The molecule has 1 heterocycles. The van der Waals surface area contributed by atoms with Gasteiger partial charge in [0.2, 0.25) is 0 Å². The van der Waals surface area contributed by atoms with Gasteiger partial charge in [-0.2, -0.15) is 13.2 Å². The first-order chi connectivity index (χ1) is 11.4. The number of halogens is 4. The zero-order chi connectivity index (χ0) is 17.6. The maximum Gasteiger partial charge on any atom is 0.401 e. The second-order valence-electron chi connectivity index (χ2n) is 5.94. The Labute approximate surface area is 138 Å². The van der Waals surface area contributed by atoms with Crippen LogP contribution >= 0.6 is 0 Å². The number of hydrogen-bond donors (Lipinski definition) is 2. The van der Waals surface area contributed by atoms with Crippen LogP contribution in [0.2, 0.25) is 0 Å². The maximum atomic E-state index is 13.1. The van der Waals surface area contributed by atoms with Gasteiger partial charge in [0.15, 0.2) is 5.96 Å². The quantitative estimate of drug-likeness (QED) is 0.489. The Bertz CT molecular complexity index is 559. The van der Waals surface area contributed by atoms with Gasteiger partial charge in [-0.05, 0) is 36.6 Å². The Morgan fingerprint density at radius 3 is 2.79 bits per heavy atom. The van der Waals surface area contributed by atoms with Gasteiger partial charge in [-0.15, -0.1) is 0 Å². The minimum absolute atomic E-state index is 0.153. The molecule has 0 bridgehead atoms. The van der Waals surface area contributed by atoms with Crippen molar-refractivity contribution in [2.75, 3.05) is 33.2 Å². The minimum atomic E-state index is -4.15. The molecule has 0 radical (unpaired) electrons. The zero-order valence-electron chi connectivity index (χ0n) is 13.5. The SMILES string of the molecule is CN=C(NCc1cccc(F)c1)NCC1CCN(CC(F)(F)F)C1. The van der Waals surface area contributed by atoms with E-state index in [0.717, 1.165) is 12.0 Å². The molecule has 0 aromatic heterocycles. The number of rotatable bonds is 5. The predicted octanol–water partition coefficient (Wildman–Crippen LogP) is 2.37. The number of guanidine groups is 1. The molecular weight excluding hydrogens is 324 g/mol. The molecule has 2 rings (SSSR count). The van der Waals surface area contributed by atoms with Crippen LogP contribution < -0.4 is 10.6 Å². The van der Waals surface area contributed by atoms with Crippen molar-refractivity contribution in [2.45, 2.75) is 19.1 Å². The maximum absolute atomic E-state index is 13.1. The first-order valence-electron chi connectivity index (χ1n) is 7.84. The number of alkyl halides is 3. The van der Waals surface area contributed by atoms with Gasteiger partial charge >= 0.3 is 6.18 Å². The summed E-state index contributed by atoms with van der Waals surface area (Å²) in [5.74, 6) is 0.404. The number of likely N-dealkylation sites (tertiary alicyclic amines) is 1. The number of nitrogens with zero attached hydrogens (tertiary/aromatic N) is 2. The van der Waals surface area contributed by atoms with E-state index in [4.69, 9.17) is 0 Å². The predicted molar refractivity (Wildman–Crippen MR) is 85.2 cm³/mol. The molecular formula is C16H22F4N4. The first kappa shape index (κ1) is 18.5. The molecule has 0 spiro atoms. The van der Waals surface area contributed by atoms with E-state index in [9.17, 15) is 17.6 Å². The van der Waals surface area contributed by atoms with Crippen molar-refractivity contribution in [3.05, 3.63) is 35.6 Å². The second-order valence-corrected chi connectivity index (χ2v) is 5.94. The molecule has 8 heteroatoms. The summed E-state index contributed by atoms with van der Waals surface area (Å²) in [5, 5.41) is 6.18. The summed E-state index contributed by atoms with van der Waals surface area (Å²) in [5.41, 5.74) is 0.787. The van der Waals surface area contributed by atoms with E-state index in [0.29, 0.717) is 32.1 Å². The zero-order valence-corrected chi connectivity index (χ0v) is 13.5. The summed E-state index contributed by atoms with van der Waals surface area (Å²) in [7, 11) is 1.62. The smallest absolute Gasteiger partial charge is 0.356 e. The standard InChI is InChI=1S/C16H22F4N4/c1-21-15(22-8-12-3-2-4-14(17)7-12)23-9-13-5-6-24(10-13)11-16(18,19)20/h2-4,7,13H,5-6,8-11H2,1H3,(H2,21,22,23). The Morgan fingerprint density at radius 1 is 1.33 bits per heavy atom. The van der Waals surface area contributed by atoms with Crippen LogP contribution in [0, 0.1) is 11.7 Å². The molecule has 1 unspecified atom stereocenters. The number of nitrogens with one attached hydrogen (secondary N) is 2. The average molecular weight is 346 g/mol. The van der Waals surface area contributed by atoms with Gasteiger partial charge in [0, 0.05) is 26.7 Å². The van der Waals surface area contributed by atoms with Gasteiger partial charge in [0.05, 0.1) is 6.54 Å². The summed E-state index contributed by atoms with van der Waals surface area (Å²) in [6, 6.07) is 6.25. The van der Waals surface area contributed by atoms with Gasteiger partial charge in [-0.25, -0.2) is 4.39 Å². The van der Waals surface area contributed by atoms with Crippen LogP contribution in [0.15, 0.2) is 29.3 Å². The van der Waals surface area contributed by atoms with Crippen molar-refractivity contribution in [1.29, 1.82) is 0 Å². The molecule has 1 fully saturated rings. The van der Waals surface area contributed by atoms with Crippen molar-refractivity contribution in [3.8, 4) is 0 Å². The van der Waals surface area contributed by atoms with Crippen LogP contribution in [0.3, 0.4) is 0 Å². The highest BCUT2D eigenvalue weighted by atomic mass is 19.4. The summed E-state index contributed by atoms with van der Waals surface area (Å²) in [4.78, 5) is 5.50. The fraction of sp³-hybridized carbons (Fsp3) is 0.562. The highest BCUT2D eigenvalue weighted by Crippen LogP contribution is 2.22. The Hall–Kier alpha value is -1.83. The lowest BCUT2D eigenvalue weighted by Gasteiger charge is -2.18. The van der Waals surface area contributed by atoms with Crippen LogP contribution in [-0.4, -0.2) is 50.3 Å². The van der Waals surface area contributed by atoms with E-state index in [1.54, 1.807) is 19.2 Å². The van der Waals surface area contributed by atoms with Crippen LogP contribution in [0.5, 0.6) is 0 Å². The van der Waals surface area contributed by atoms with E-state index in [-0.39, 0.29) is 11.7 Å². The topological polar surface area (TPSA) is 39.7 Å². The normalized spacial score (nSPS) is 19.5. The van der Waals surface area contributed by atoms with Crippen molar-refractivity contribution in [1.82, 2.24) is 15.5 Å².